The zero-order chi connectivity index (χ0) is 15.9. The lowest BCUT2D eigenvalue weighted by Gasteiger charge is -2.17. The lowest BCUT2D eigenvalue weighted by atomic mass is 10.0. The predicted molar refractivity (Wildman–Crippen MR) is 87.6 cm³/mol. The molecule has 4 heteroatoms. The SMILES string of the molecule is COc1ccc(C)cc1C(C)NC(=O)/C=C/c1cccnc1. The van der Waals surface area contributed by atoms with Gasteiger partial charge in [-0.25, -0.2) is 0 Å². The van der Waals surface area contributed by atoms with Gasteiger partial charge >= 0.3 is 0 Å². The van der Waals surface area contributed by atoms with Crippen molar-refractivity contribution in [1.82, 2.24) is 10.3 Å². The van der Waals surface area contributed by atoms with E-state index in [0.717, 1.165) is 22.4 Å². The number of ether oxygens (including phenoxy) is 1. The summed E-state index contributed by atoms with van der Waals surface area (Å²) in [7, 11) is 1.63. The van der Waals surface area contributed by atoms with Crippen molar-refractivity contribution in [3.05, 3.63) is 65.5 Å². The lowest BCUT2D eigenvalue weighted by Crippen LogP contribution is -2.25. The van der Waals surface area contributed by atoms with Crippen molar-refractivity contribution in [2.45, 2.75) is 19.9 Å². The number of methoxy groups -OCH3 is 1. The van der Waals surface area contributed by atoms with Crippen molar-refractivity contribution in [3.8, 4) is 5.75 Å². The highest BCUT2D eigenvalue weighted by atomic mass is 16.5. The Balaban J connectivity index is 2.05. The number of amides is 1. The molecule has 0 fully saturated rings. The third kappa shape index (κ3) is 4.19. The van der Waals surface area contributed by atoms with Gasteiger partial charge in [-0.2, -0.15) is 0 Å². The highest BCUT2D eigenvalue weighted by Gasteiger charge is 2.13. The van der Waals surface area contributed by atoms with Crippen LogP contribution < -0.4 is 10.1 Å². The summed E-state index contributed by atoms with van der Waals surface area (Å²) in [5.41, 5.74) is 2.98. The third-order valence-corrected chi connectivity index (χ3v) is 3.32. The number of pyridine rings is 1. The second kappa shape index (κ2) is 7.41. The number of benzene rings is 1. The topological polar surface area (TPSA) is 51.2 Å². The molecule has 1 aromatic heterocycles. The van der Waals surface area contributed by atoms with Crippen LogP contribution in [0.1, 0.15) is 29.7 Å². The minimum atomic E-state index is -0.153. The van der Waals surface area contributed by atoms with Crippen LogP contribution in [0.15, 0.2) is 48.8 Å². The highest BCUT2D eigenvalue weighted by molar-refractivity contribution is 5.91. The van der Waals surface area contributed by atoms with E-state index in [1.807, 2.05) is 44.2 Å². The van der Waals surface area contributed by atoms with E-state index in [-0.39, 0.29) is 11.9 Å². The smallest absolute Gasteiger partial charge is 0.244 e. The summed E-state index contributed by atoms with van der Waals surface area (Å²) in [6.07, 6.45) is 6.65. The van der Waals surface area contributed by atoms with Crippen LogP contribution >= 0.6 is 0 Å². The Morgan fingerprint density at radius 1 is 1.36 bits per heavy atom. The molecular weight excluding hydrogens is 276 g/mol. The molecule has 0 bridgehead atoms. The van der Waals surface area contributed by atoms with Gasteiger partial charge in [-0.05, 0) is 37.6 Å². The summed E-state index contributed by atoms with van der Waals surface area (Å²) in [6, 6.07) is 9.51. The van der Waals surface area contributed by atoms with Gasteiger partial charge in [0.25, 0.3) is 0 Å². The van der Waals surface area contributed by atoms with Gasteiger partial charge in [0.1, 0.15) is 5.75 Å². The maximum Gasteiger partial charge on any atom is 0.244 e. The first kappa shape index (κ1) is 15.8. The minimum Gasteiger partial charge on any atom is -0.496 e. The maximum atomic E-state index is 12.0. The monoisotopic (exact) mass is 296 g/mol. The molecule has 22 heavy (non-hydrogen) atoms. The molecule has 0 saturated heterocycles. The van der Waals surface area contributed by atoms with Gasteiger partial charge in [0, 0.05) is 24.0 Å². The van der Waals surface area contributed by atoms with Crippen molar-refractivity contribution in [2.75, 3.05) is 7.11 Å². The van der Waals surface area contributed by atoms with E-state index < -0.39 is 0 Å². The zero-order valence-corrected chi connectivity index (χ0v) is 13.0. The molecule has 0 aliphatic rings. The minimum absolute atomic E-state index is 0.138. The summed E-state index contributed by atoms with van der Waals surface area (Å²) in [6.45, 7) is 3.95. The standard InChI is InChI=1S/C18H20N2O2/c1-13-6-8-17(22-3)16(11-13)14(2)20-18(21)9-7-15-5-4-10-19-12-15/h4-12,14H,1-3H3,(H,20,21)/b9-7+. The van der Waals surface area contributed by atoms with Crippen molar-refractivity contribution in [2.24, 2.45) is 0 Å². The Kier molecular flexibility index (Phi) is 5.31. The number of nitrogens with one attached hydrogen (secondary N) is 1. The van der Waals surface area contributed by atoms with Crippen LogP contribution in [0.4, 0.5) is 0 Å². The van der Waals surface area contributed by atoms with E-state index in [9.17, 15) is 4.79 Å². The van der Waals surface area contributed by atoms with Crippen LogP contribution in [0.2, 0.25) is 0 Å². The first-order chi connectivity index (χ1) is 10.6. The van der Waals surface area contributed by atoms with Gasteiger partial charge in [0.15, 0.2) is 0 Å². The number of hydrogen-bond donors (Lipinski definition) is 1. The molecule has 2 rings (SSSR count). The fourth-order valence-electron chi connectivity index (χ4n) is 2.18. The average Bonchev–Trinajstić information content (AvgIpc) is 2.54. The van der Waals surface area contributed by atoms with Crippen LogP contribution in [-0.2, 0) is 4.79 Å². The first-order valence-corrected chi connectivity index (χ1v) is 7.13. The Hall–Kier alpha value is -2.62. The summed E-state index contributed by atoms with van der Waals surface area (Å²) in [4.78, 5) is 16.0. The molecule has 1 atom stereocenters. The van der Waals surface area contributed by atoms with Crippen LogP contribution in [0, 0.1) is 6.92 Å². The molecular formula is C18H20N2O2. The highest BCUT2D eigenvalue weighted by Crippen LogP contribution is 2.25. The molecule has 114 valence electrons. The second-order valence-corrected chi connectivity index (χ2v) is 5.10. The number of aromatic nitrogens is 1. The molecule has 1 heterocycles. The molecule has 0 radical (unpaired) electrons. The van der Waals surface area contributed by atoms with E-state index in [1.165, 1.54) is 6.08 Å². The molecule has 1 aromatic carbocycles. The van der Waals surface area contributed by atoms with E-state index >= 15 is 0 Å². The van der Waals surface area contributed by atoms with Gasteiger partial charge in [-0.15, -0.1) is 0 Å². The molecule has 1 amide bonds. The van der Waals surface area contributed by atoms with Crippen LogP contribution in [-0.4, -0.2) is 18.0 Å². The van der Waals surface area contributed by atoms with Crippen molar-refractivity contribution >= 4 is 12.0 Å². The van der Waals surface area contributed by atoms with E-state index in [0.29, 0.717) is 0 Å². The summed E-state index contributed by atoms with van der Waals surface area (Å²) in [5, 5.41) is 2.94. The van der Waals surface area contributed by atoms with Crippen molar-refractivity contribution in [3.63, 3.8) is 0 Å². The fraction of sp³-hybridized carbons (Fsp3) is 0.222. The molecule has 1 N–H and O–H groups in total. The zero-order valence-electron chi connectivity index (χ0n) is 13.0. The molecule has 2 aromatic rings. The van der Waals surface area contributed by atoms with E-state index in [1.54, 1.807) is 25.6 Å². The Morgan fingerprint density at radius 3 is 2.86 bits per heavy atom. The van der Waals surface area contributed by atoms with Gasteiger partial charge in [-0.3, -0.25) is 9.78 Å². The van der Waals surface area contributed by atoms with Crippen molar-refractivity contribution < 1.29 is 9.53 Å². The van der Waals surface area contributed by atoms with Crippen molar-refractivity contribution in [1.29, 1.82) is 0 Å². The molecule has 0 aliphatic heterocycles. The molecule has 0 spiro atoms. The van der Waals surface area contributed by atoms with Crippen LogP contribution in [0.5, 0.6) is 5.75 Å². The first-order valence-electron chi connectivity index (χ1n) is 7.13. The number of nitrogens with zero attached hydrogens (tertiary/aromatic N) is 1. The Labute approximate surface area is 130 Å². The largest absolute Gasteiger partial charge is 0.496 e. The summed E-state index contributed by atoms with van der Waals surface area (Å²) >= 11 is 0. The predicted octanol–water partition coefficient (Wildman–Crippen LogP) is 3.29. The maximum absolute atomic E-state index is 12.0. The number of aryl methyl sites for hydroxylation is 1. The molecule has 4 nitrogen and oxygen atoms in total. The quantitative estimate of drug-likeness (QED) is 0.861. The third-order valence-electron chi connectivity index (χ3n) is 3.32. The number of hydrogen-bond acceptors (Lipinski definition) is 3. The van der Waals surface area contributed by atoms with E-state index in [2.05, 4.69) is 10.3 Å². The van der Waals surface area contributed by atoms with Gasteiger partial charge in [0.2, 0.25) is 5.91 Å². The van der Waals surface area contributed by atoms with Gasteiger partial charge in [0.05, 0.1) is 13.2 Å². The second-order valence-electron chi connectivity index (χ2n) is 5.10. The van der Waals surface area contributed by atoms with Crippen LogP contribution in [0.3, 0.4) is 0 Å². The fourth-order valence-corrected chi connectivity index (χ4v) is 2.18. The molecule has 0 saturated carbocycles. The molecule has 0 aliphatic carbocycles. The number of rotatable bonds is 5. The lowest BCUT2D eigenvalue weighted by molar-refractivity contribution is -0.117. The number of carbonyl (C=O) groups excluding carboxylic acids is 1. The number of carbonyl (C=O) groups is 1. The van der Waals surface area contributed by atoms with E-state index in [4.69, 9.17) is 4.74 Å². The summed E-state index contributed by atoms with van der Waals surface area (Å²) < 4.78 is 5.35. The van der Waals surface area contributed by atoms with Gasteiger partial charge in [-0.1, -0.05) is 23.8 Å². The average molecular weight is 296 g/mol. The summed E-state index contributed by atoms with van der Waals surface area (Å²) in [5.74, 6) is 0.620. The van der Waals surface area contributed by atoms with Crippen LogP contribution in [0.25, 0.3) is 6.08 Å². The Bertz CT molecular complexity index is 666. The molecule has 1 unspecified atom stereocenters. The normalized spacial score (nSPS) is 12.1. The van der Waals surface area contributed by atoms with Gasteiger partial charge < -0.3 is 10.1 Å². The Morgan fingerprint density at radius 2 is 2.18 bits per heavy atom.